The number of nitrogens with zero attached hydrogens (tertiary/aromatic N) is 2. The second-order valence-corrected chi connectivity index (χ2v) is 5.92. The van der Waals surface area contributed by atoms with E-state index in [1.165, 1.54) is 12.1 Å². The van der Waals surface area contributed by atoms with Gasteiger partial charge in [-0.3, -0.25) is 0 Å². The van der Waals surface area contributed by atoms with Crippen molar-refractivity contribution in [3.8, 4) is 0 Å². The molecule has 0 bridgehead atoms. The maximum Gasteiger partial charge on any atom is 0.427 e. The molecule has 2 heterocycles. The van der Waals surface area contributed by atoms with Gasteiger partial charge in [0.1, 0.15) is 10.7 Å². The summed E-state index contributed by atoms with van der Waals surface area (Å²) in [7, 11) is 0. The van der Waals surface area contributed by atoms with E-state index in [0.717, 1.165) is 24.6 Å². The van der Waals surface area contributed by atoms with Gasteiger partial charge in [-0.1, -0.05) is 23.5 Å². The zero-order valence-electron chi connectivity index (χ0n) is 10.9. The molecule has 0 N–H and O–H groups in total. The summed E-state index contributed by atoms with van der Waals surface area (Å²) in [6.45, 7) is 0.631. The van der Waals surface area contributed by atoms with Crippen LogP contribution in [0.5, 0.6) is 0 Å². The van der Waals surface area contributed by atoms with Gasteiger partial charge in [0, 0.05) is 6.54 Å². The average molecular weight is 316 g/mol. The van der Waals surface area contributed by atoms with E-state index >= 15 is 0 Å². The van der Waals surface area contributed by atoms with E-state index in [2.05, 4.69) is 4.98 Å². The second-order valence-electron chi connectivity index (χ2n) is 4.91. The fourth-order valence-corrected chi connectivity index (χ4v) is 3.44. The van der Waals surface area contributed by atoms with E-state index < -0.39 is 11.1 Å². The molecule has 1 saturated heterocycles. The fourth-order valence-electron chi connectivity index (χ4n) is 2.58. The lowest BCUT2D eigenvalue weighted by Gasteiger charge is -2.24. The molecule has 1 fully saturated rings. The maximum atomic E-state index is 13.3. The quantitative estimate of drug-likeness (QED) is 0.750. The number of rotatable bonds is 2. The number of hydrogen-bond donors (Lipinski definition) is 0. The van der Waals surface area contributed by atoms with Crippen LogP contribution in [0.15, 0.2) is 30.5 Å². The van der Waals surface area contributed by atoms with Crippen molar-refractivity contribution in [3.05, 3.63) is 46.7 Å². The molecule has 0 aliphatic carbocycles. The minimum absolute atomic E-state index is 0.118. The first kappa shape index (κ1) is 14.3. The summed E-state index contributed by atoms with van der Waals surface area (Å²) in [5.41, 5.74) is 0.774. The van der Waals surface area contributed by atoms with Crippen molar-refractivity contribution in [1.29, 1.82) is 0 Å². The average Bonchev–Trinajstić information content (AvgIpc) is 3.07. The lowest BCUT2D eigenvalue weighted by Crippen LogP contribution is -2.22. The van der Waals surface area contributed by atoms with Gasteiger partial charge in [0.2, 0.25) is 0 Å². The summed E-state index contributed by atoms with van der Waals surface area (Å²) < 4.78 is 51.3. The van der Waals surface area contributed by atoms with Crippen LogP contribution in [0.4, 0.5) is 22.7 Å². The van der Waals surface area contributed by atoms with Gasteiger partial charge in [-0.2, -0.15) is 13.2 Å². The van der Waals surface area contributed by atoms with Gasteiger partial charge >= 0.3 is 6.18 Å². The standard InChI is InChI=1S/C14H12F4N2S/c15-10-4-1-3-9(7-10)11-5-2-6-20(11)13-19-8-12(21-13)14(16,17)18/h1,3-4,7-8,11H,2,5-6H2. The van der Waals surface area contributed by atoms with Crippen LogP contribution in [0.2, 0.25) is 0 Å². The molecule has 2 aromatic rings. The summed E-state index contributed by atoms with van der Waals surface area (Å²) >= 11 is 0.636. The molecule has 21 heavy (non-hydrogen) atoms. The summed E-state index contributed by atoms with van der Waals surface area (Å²) in [5.74, 6) is -0.338. The van der Waals surface area contributed by atoms with Gasteiger partial charge in [0.25, 0.3) is 0 Å². The van der Waals surface area contributed by atoms with Crippen molar-refractivity contribution in [3.63, 3.8) is 0 Å². The monoisotopic (exact) mass is 316 g/mol. The van der Waals surface area contributed by atoms with Crippen molar-refractivity contribution in [2.24, 2.45) is 0 Å². The number of halogens is 4. The zero-order chi connectivity index (χ0) is 15.0. The predicted octanol–water partition coefficient (Wildman–Crippen LogP) is 4.64. The number of anilines is 1. The predicted molar refractivity (Wildman–Crippen MR) is 72.8 cm³/mol. The van der Waals surface area contributed by atoms with E-state index in [0.29, 0.717) is 23.0 Å². The van der Waals surface area contributed by atoms with Gasteiger partial charge in [0.05, 0.1) is 12.2 Å². The first-order chi connectivity index (χ1) is 9.95. The summed E-state index contributed by atoms with van der Waals surface area (Å²) in [6.07, 6.45) is -1.88. The Bertz CT molecular complexity index is 638. The minimum atomic E-state index is -4.37. The SMILES string of the molecule is Fc1cccc(C2CCCN2c2ncc(C(F)(F)F)s2)c1. The first-order valence-corrected chi connectivity index (χ1v) is 7.32. The van der Waals surface area contributed by atoms with Crippen molar-refractivity contribution >= 4 is 16.5 Å². The molecule has 1 aliphatic heterocycles. The molecular weight excluding hydrogens is 304 g/mol. The molecule has 2 nitrogen and oxygen atoms in total. The molecule has 1 aromatic heterocycles. The molecule has 1 aromatic carbocycles. The van der Waals surface area contributed by atoms with Crippen LogP contribution < -0.4 is 4.90 Å². The van der Waals surface area contributed by atoms with Crippen LogP contribution in [0.3, 0.4) is 0 Å². The highest BCUT2D eigenvalue weighted by molar-refractivity contribution is 7.15. The van der Waals surface area contributed by atoms with Crippen molar-refractivity contribution in [2.45, 2.75) is 25.1 Å². The maximum absolute atomic E-state index is 13.3. The Kier molecular flexibility index (Phi) is 3.61. The minimum Gasteiger partial charge on any atom is -0.341 e. The topological polar surface area (TPSA) is 16.1 Å². The van der Waals surface area contributed by atoms with Crippen LogP contribution in [0.25, 0.3) is 0 Å². The van der Waals surface area contributed by atoms with Gasteiger partial charge < -0.3 is 4.90 Å². The van der Waals surface area contributed by atoms with Crippen LogP contribution in [-0.4, -0.2) is 11.5 Å². The van der Waals surface area contributed by atoms with Crippen molar-refractivity contribution in [2.75, 3.05) is 11.4 Å². The molecule has 0 radical (unpaired) electrons. The number of alkyl halides is 3. The van der Waals surface area contributed by atoms with Gasteiger partial charge in [-0.05, 0) is 30.5 Å². The molecule has 0 spiro atoms. The van der Waals surface area contributed by atoms with Gasteiger partial charge in [-0.15, -0.1) is 0 Å². The molecule has 0 amide bonds. The van der Waals surface area contributed by atoms with Crippen LogP contribution in [0.1, 0.15) is 29.3 Å². The molecule has 1 aliphatic rings. The van der Waals surface area contributed by atoms with Gasteiger partial charge in [-0.25, -0.2) is 9.37 Å². The highest BCUT2D eigenvalue weighted by atomic mass is 32.1. The third kappa shape index (κ3) is 2.88. The van der Waals surface area contributed by atoms with Crippen molar-refractivity contribution < 1.29 is 17.6 Å². The number of thiazole rings is 1. The molecule has 112 valence electrons. The van der Waals surface area contributed by atoms with Gasteiger partial charge in [0.15, 0.2) is 5.13 Å². The van der Waals surface area contributed by atoms with Crippen LogP contribution in [-0.2, 0) is 6.18 Å². The molecule has 1 unspecified atom stereocenters. The van der Waals surface area contributed by atoms with Crippen LogP contribution >= 0.6 is 11.3 Å². The zero-order valence-corrected chi connectivity index (χ0v) is 11.7. The third-order valence-corrected chi connectivity index (χ3v) is 4.58. The Morgan fingerprint density at radius 3 is 2.76 bits per heavy atom. The number of hydrogen-bond acceptors (Lipinski definition) is 3. The summed E-state index contributed by atoms with van der Waals surface area (Å²) in [6, 6.07) is 6.08. The van der Waals surface area contributed by atoms with E-state index in [1.54, 1.807) is 12.1 Å². The van der Waals surface area contributed by atoms with E-state index in [9.17, 15) is 17.6 Å². The molecule has 7 heteroatoms. The van der Waals surface area contributed by atoms with E-state index in [-0.39, 0.29) is 11.9 Å². The van der Waals surface area contributed by atoms with E-state index in [4.69, 9.17) is 0 Å². The van der Waals surface area contributed by atoms with E-state index in [1.807, 2.05) is 4.90 Å². The number of aromatic nitrogens is 1. The normalized spacial score (nSPS) is 19.2. The summed E-state index contributed by atoms with van der Waals surface area (Å²) in [4.78, 5) is 5.02. The molecular formula is C14H12F4N2S. The molecule has 3 rings (SSSR count). The molecule has 1 atom stereocenters. The Morgan fingerprint density at radius 2 is 2.10 bits per heavy atom. The first-order valence-electron chi connectivity index (χ1n) is 6.50. The Hall–Kier alpha value is -1.63. The Labute approximate surface area is 123 Å². The number of benzene rings is 1. The molecule has 0 saturated carbocycles. The fraction of sp³-hybridized carbons (Fsp3) is 0.357. The third-order valence-electron chi connectivity index (χ3n) is 3.50. The second kappa shape index (κ2) is 5.29. The highest BCUT2D eigenvalue weighted by Gasteiger charge is 2.35. The Balaban J connectivity index is 1.89. The Morgan fingerprint density at radius 1 is 1.29 bits per heavy atom. The largest absolute Gasteiger partial charge is 0.427 e. The lowest BCUT2D eigenvalue weighted by molar-refractivity contribution is -0.134. The van der Waals surface area contributed by atoms with Crippen molar-refractivity contribution in [1.82, 2.24) is 4.98 Å². The summed E-state index contributed by atoms with van der Waals surface area (Å²) in [5, 5.41) is 0.342. The smallest absolute Gasteiger partial charge is 0.341 e. The lowest BCUT2D eigenvalue weighted by atomic mass is 10.0. The van der Waals surface area contributed by atoms with Crippen LogP contribution in [0, 0.1) is 5.82 Å². The highest BCUT2D eigenvalue weighted by Crippen LogP contribution is 2.41.